The molecule has 2 amide bonds. The summed E-state index contributed by atoms with van der Waals surface area (Å²) in [7, 11) is 1.75. The first-order valence-electron chi connectivity index (χ1n) is 9.33. The van der Waals surface area contributed by atoms with E-state index in [0.717, 1.165) is 28.1 Å². The molecule has 150 valence electrons. The lowest BCUT2D eigenvalue weighted by Gasteiger charge is -2.34. The number of nitrogens with one attached hydrogen (secondary N) is 1. The summed E-state index contributed by atoms with van der Waals surface area (Å²) in [4.78, 5) is 37.9. The van der Waals surface area contributed by atoms with Crippen molar-refractivity contribution < 1.29 is 24.6 Å². The summed E-state index contributed by atoms with van der Waals surface area (Å²) in [5.41, 5.74) is 4.05. The quantitative estimate of drug-likeness (QED) is 0.670. The minimum Gasteiger partial charge on any atom is -0.481 e. The van der Waals surface area contributed by atoms with Crippen molar-refractivity contribution in [2.45, 2.75) is 31.7 Å². The normalized spacial score (nSPS) is 21.2. The van der Waals surface area contributed by atoms with Gasteiger partial charge in [-0.1, -0.05) is 30.3 Å². The molecule has 2 atom stereocenters. The minimum atomic E-state index is -1.01. The van der Waals surface area contributed by atoms with Gasteiger partial charge in [0, 0.05) is 13.5 Å². The number of carbonyl (C=O) groups excluding carboxylic acids is 2. The van der Waals surface area contributed by atoms with Crippen molar-refractivity contribution in [3.05, 3.63) is 48.0 Å². The van der Waals surface area contributed by atoms with E-state index in [1.54, 1.807) is 29.0 Å². The SMILES string of the molecule is CN1c2cc(-c3ccc(CC(=O)O)cc3)ccc2N(C2CCC(=O)NC2=O)C1O. The number of hydrogen-bond acceptors (Lipinski definition) is 6. The number of anilines is 2. The largest absolute Gasteiger partial charge is 0.481 e. The van der Waals surface area contributed by atoms with Gasteiger partial charge in [-0.15, -0.1) is 0 Å². The number of hydrogen-bond donors (Lipinski definition) is 3. The van der Waals surface area contributed by atoms with Crippen molar-refractivity contribution in [2.24, 2.45) is 0 Å². The monoisotopic (exact) mass is 395 g/mol. The van der Waals surface area contributed by atoms with E-state index in [1.807, 2.05) is 30.3 Å². The number of nitrogens with zero attached hydrogens (tertiary/aromatic N) is 2. The second-order valence-electron chi connectivity index (χ2n) is 7.30. The summed E-state index contributed by atoms with van der Waals surface area (Å²) in [6, 6.07) is 12.4. The Morgan fingerprint density at radius 3 is 2.45 bits per heavy atom. The van der Waals surface area contributed by atoms with Crippen LogP contribution in [0.3, 0.4) is 0 Å². The lowest BCUT2D eigenvalue weighted by atomic mass is 10.0. The van der Waals surface area contributed by atoms with Crippen molar-refractivity contribution in [3.63, 3.8) is 0 Å². The Balaban J connectivity index is 1.64. The maximum Gasteiger partial charge on any atom is 0.307 e. The lowest BCUT2D eigenvalue weighted by molar-refractivity contribution is -0.136. The smallest absolute Gasteiger partial charge is 0.307 e. The molecule has 8 nitrogen and oxygen atoms in total. The average Bonchev–Trinajstić information content (AvgIpc) is 2.93. The number of aliphatic hydroxyl groups is 1. The van der Waals surface area contributed by atoms with E-state index >= 15 is 0 Å². The number of rotatable bonds is 4. The topological polar surface area (TPSA) is 110 Å². The van der Waals surface area contributed by atoms with E-state index in [9.17, 15) is 19.5 Å². The molecular weight excluding hydrogens is 374 g/mol. The fourth-order valence-electron chi connectivity index (χ4n) is 3.91. The van der Waals surface area contributed by atoms with Gasteiger partial charge in [-0.05, 0) is 35.2 Å². The van der Waals surface area contributed by atoms with Gasteiger partial charge in [0.15, 0.2) is 0 Å². The molecule has 29 heavy (non-hydrogen) atoms. The second-order valence-corrected chi connectivity index (χ2v) is 7.30. The summed E-state index contributed by atoms with van der Waals surface area (Å²) in [5.74, 6) is -1.57. The van der Waals surface area contributed by atoms with Crippen molar-refractivity contribution in [1.82, 2.24) is 5.32 Å². The van der Waals surface area contributed by atoms with Crippen LogP contribution in [-0.4, -0.2) is 47.4 Å². The third-order valence-corrected chi connectivity index (χ3v) is 5.42. The highest BCUT2D eigenvalue weighted by Crippen LogP contribution is 2.42. The molecule has 1 fully saturated rings. The van der Waals surface area contributed by atoms with Crippen LogP contribution in [0.5, 0.6) is 0 Å². The van der Waals surface area contributed by atoms with Gasteiger partial charge in [0.25, 0.3) is 0 Å². The predicted octanol–water partition coefficient (Wildman–Crippen LogP) is 1.32. The fraction of sp³-hybridized carbons (Fsp3) is 0.286. The molecule has 2 heterocycles. The standard InChI is InChI=1S/C21H21N3O5/c1-23-17-11-14(13-4-2-12(3-5-13)10-19(26)27)6-7-15(17)24(21(23)29)16-8-9-18(25)22-20(16)28/h2-7,11,16,21,29H,8-10H2,1H3,(H,26,27)(H,22,25,28). The number of fused-ring (bicyclic) bond motifs is 1. The van der Waals surface area contributed by atoms with E-state index in [1.165, 1.54) is 0 Å². The second kappa shape index (κ2) is 7.21. The van der Waals surface area contributed by atoms with Crippen LogP contribution in [0, 0.1) is 0 Å². The van der Waals surface area contributed by atoms with Crippen molar-refractivity contribution in [2.75, 3.05) is 16.8 Å². The number of carbonyl (C=O) groups is 3. The maximum atomic E-state index is 12.3. The number of amides is 2. The first-order chi connectivity index (χ1) is 13.8. The average molecular weight is 395 g/mol. The summed E-state index contributed by atoms with van der Waals surface area (Å²) in [6.45, 7) is 0. The summed E-state index contributed by atoms with van der Waals surface area (Å²) >= 11 is 0. The van der Waals surface area contributed by atoms with Crippen LogP contribution in [0.15, 0.2) is 42.5 Å². The van der Waals surface area contributed by atoms with Crippen LogP contribution in [0.4, 0.5) is 11.4 Å². The van der Waals surface area contributed by atoms with E-state index in [2.05, 4.69) is 5.32 Å². The Labute approximate surface area is 167 Å². The molecule has 0 aromatic heterocycles. The number of aliphatic hydroxyl groups excluding tert-OH is 1. The molecule has 2 aliphatic rings. The molecule has 4 rings (SSSR count). The molecule has 0 saturated carbocycles. The molecule has 0 spiro atoms. The molecule has 2 aromatic rings. The first-order valence-corrected chi connectivity index (χ1v) is 9.33. The van der Waals surface area contributed by atoms with Gasteiger partial charge in [0.05, 0.1) is 17.8 Å². The van der Waals surface area contributed by atoms with Gasteiger partial charge < -0.3 is 20.0 Å². The predicted molar refractivity (Wildman–Crippen MR) is 106 cm³/mol. The van der Waals surface area contributed by atoms with Crippen LogP contribution in [0.25, 0.3) is 11.1 Å². The van der Waals surface area contributed by atoms with E-state index in [4.69, 9.17) is 5.11 Å². The van der Waals surface area contributed by atoms with Crippen LogP contribution < -0.4 is 15.1 Å². The number of piperidine rings is 1. The maximum absolute atomic E-state index is 12.3. The Morgan fingerprint density at radius 1 is 1.10 bits per heavy atom. The van der Waals surface area contributed by atoms with Gasteiger partial charge in [-0.25, -0.2) is 0 Å². The van der Waals surface area contributed by atoms with Crippen LogP contribution in [-0.2, 0) is 20.8 Å². The molecule has 8 heteroatoms. The highest BCUT2D eigenvalue weighted by molar-refractivity contribution is 6.02. The van der Waals surface area contributed by atoms with Gasteiger partial charge in [-0.2, -0.15) is 0 Å². The Morgan fingerprint density at radius 2 is 1.79 bits per heavy atom. The molecule has 0 aliphatic carbocycles. The molecule has 2 aliphatic heterocycles. The van der Waals surface area contributed by atoms with E-state index in [-0.39, 0.29) is 18.7 Å². The summed E-state index contributed by atoms with van der Waals surface area (Å²) in [5, 5.41) is 22.0. The van der Waals surface area contributed by atoms with E-state index in [0.29, 0.717) is 6.42 Å². The molecule has 0 bridgehead atoms. The van der Waals surface area contributed by atoms with Gasteiger partial charge >= 0.3 is 5.97 Å². The zero-order valence-electron chi connectivity index (χ0n) is 15.8. The van der Waals surface area contributed by atoms with Crippen LogP contribution in [0.1, 0.15) is 18.4 Å². The minimum absolute atomic E-state index is 0.0275. The Bertz CT molecular complexity index is 988. The van der Waals surface area contributed by atoms with E-state index < -0.39 is 24.3 Å². The van der Waals surface area contributed by atoms with Crippen molar-refractivity contribution in [1.29, 1.82) is 0 Å². The number of carboxylic acid groups (broad SMARTS) is 1. The Kier molecular flexibility index (Phi) is 4.71. The third-order valence-electron chi connectivity index (χ3n) is 5.42. The van der Waals surface area contributed by atoms with Crippen LogP contribution in [0.2, 0.25) is 0 Å². The van der Waals surface area contributed by atoms with Crippen molar-refractivity contribution >= 4 is 29.2 Å². The number of benzene rings is 2. The first kappa shape index (κ1) is 18.9. The molecule has 1 saturated heterocycles. The van der Waals surface area contributed by atoms with Crippen LogP contribution >= 0.6 is 0 Å². The zero-order valence-corrected chi connectivity index (χ0v) is 15.8. The lowest BCUT2D eigenvalue weighted by Crippen LogP contribution is -2.56. The van der Waals surface area contributed by atoms with Gasteiger partial charge in [0.2, 0.25) is 18.2 Å². The molecular formula is C21H21N3O5. The highest BCUT2D eigenvalue weighted by Gasteiger charge is 2.42. The van der Waals surface area contributed by atoms with Crippen molar-refractivity contribution in [3.8, 4) is 11.1 Å². The van der Waals surface area contributed by atoms with Gasteiger partial charge in [0.1, 0.15) is 6.04 Å². The highest BCUT2D eigenvalue weighted by atomic mass is 16.4. The molecule has 0 radical (unpaired) electrons. The summed E-state index contributed by atoms with van der Waals surface area (Å²) < 4.78 is 0. The molecule has 2 aromatic carbocycles. The number of aliphatic carboxylic acids is 1. The Hall–Kier alpha value is -3.39. The summed E-state index contributed by atoms with van der Waals surface area (Å²) in [6.07, 6.45) is -0.455. The molecule has 3 N–H and O–H groups in total. The number of imide groups is 1. The fourth-order valence-corrected chi connectivity index (χ4v) is 3.91. The third kappa shape index (κ3) is 3.42. The van der Waals surface area contributed by atoms with Gasteiger partial charge in [-0.3, -0.25) is 19.7 Å². The molecule has 2 unspecified atom stereocenters. The zero-order chi connectivity index (χ0) is 20.7. The number of carboxylic acids is 1.